The lowest BCUT2D eigenvalue weighted by Gasteiger charge is -2.39. The molecule has 0 aliphatic carbocycles. The molecule has 1 aliphatic rings. The third-order valence-electron chi connectivity index (χ3n) is 3.52. The van der Waals surface area contributed by atoms with Crippen LogP contribution in [0.15, 0.2) is 18.2 Å². The van der Waals surface area contributed by atoms with Gasteiger partial charge in [-0.25, -0.2) is 0 Å². The highest BCUT2D eigenvalue weighted by Gasteiger charge is 2.34. The molecule has 0 aromatic heterocycles. The van der Waals surface area contributed by atoms with E-state index in [1.807, 2.05) is 18.7 Å². The van der Waals surface area contributed by atoms with Crippen LogP contribution < -0.4 is 10.2 Å². The Hall–Kier alpha value is -1.74. The highest BCUT2D eigenvalue weighted by molar-refractivity contribution is 5.56. The van der Waals surface area contributed by atoms with Gasteiger partial charge in [-0.2, -0.15) is 18.4 Å². The van der Waals surface area contributed by atoms with E-state index in [4.69, 9.17) is 5.26 Å². The van der Waals surface area contributed by atoms with Crippen molar-refractivity contribution in [3.8, 4) is 6.07 Å². The zero-order valence-corrected chi connectivity index (χ0v) is 11.3. The summed E-state index contributed by atoms with van der Waals surface area (Å²) in [6, 6.07) is 5.85. The predicted molar refractivity (Wildman–Crippen MR) is 70.4 cm³/mol. The summed E-state index contributed by atoms with van der Waals surface area (Å²) in [7, 11) is 0. The minimum absolute atomic E-state index is 0.175. The van der Waals surface area contributed by atoms with Gasteiger partial charge in [0.2, 0.25) is 0 Å². The Bertz CT molecular complexity index is 533. The molecule has 0 amide bonds. The van der Waals surface area contributed by atoms with E-state index < -0.39 is 11.7 Å². The lowest BCUT2D eigenvalue weighted by Crippen LogP contribution is -2.54. The van der Waals surface area contributed by atoms with Crippen LogP contribution >= 0.6 is 0 Å². The molecule has 1 aromatic rings. The quantitative estimate of drug-likeness (QED) is 0.861. The Balaban J connectivity index is 2.37. The number of nitrogens with zero attached hydrogens (tertiary/aromatic N) is 2. The van der Waals surface area contributed by atoms with Gasteiger partial charge in [0.1, 0.15) is 0 Å². The van der Waals surface area contributed by atoms with Crippen molar-refractivity contribution < 1.29 is 13.2 Å². The summed E-state index contributed by atoms with van der Waals surface area (Å²) < 4.78 is 38.3. The fraction of sp³-hybridized carbons (Fsp3) is 0.500. The van der Waals surface area contributed by atoms with E-state index in [1.54, 1.807) is 6.07 Å². The standard InChI is InChI=1S/C14H16F3N3/c1-9-8-20(10(2)7-19-9)12-3-4-13(14(15,16)17)11(5-12)6-18/h3-5,9-10,19H,7-8H2,1-2H3. The number of rotatable bonds is 1. The van der Waals surface area contributed by atoms with Crippen molar-refractivity contribution >= 4 is 5.69 Å². The number of anilines is 1. The predicted octanol–water partition coefficient (Wildman–Crippen LogP) is 2.76. The van der Waals surface area contributed by atoms with E-state index in [0.29, 0.717) is 12.2 Å². The molecule has 0 radical (unpaired) electrons. The highest BCUT2D eigenvalue weighted by atomic mass is 19.4. The fourth-order valence-corrected chi connectivity index (χ4v) is 2.43. The molecule has 2 atom stereocenters. The molecule has 1 aromatic carbocycles. The molecule has 1 fully saturated rings. The van der Waals surface area contributed by atoms with Crippen LogP contribution in [0.2, 0.25) is 0 Å². The highest BCUT2D eigenvalue weighted by Crippen LogP contribution is 2.34. The van der Waals surface area contributed by atoms with Crippen molar-refractivity contribution in [1.82, 2.24) is 5.32 Å². The van der Waals surface area contributed by atoms with E-state index in [-0.39, 0.29) is 17.6 Å². The van der Waals surface area contributed by atoms with Gasteiger partial charge in [-0.3, -0.25) is 0 Å². The van der Waals surface area contributed by atoms with Gasteiger partial charge >= 0.3 is 6.18 Å². The van der Waals surface area contributed by atoms with Crippen molar-refractivity contribution in [3.63, 3.8) is 0 Å². The molecule has 1 saturated heterocycles. The monoisotopic (exact) mass is 283 g/mol. The van der Waals surface area contributed by atoms with E-state index in [0.717, 1.165) is 12.6 Å². The summed E-state index contributed by atoms with van der Waals surface area (Å²) in [6.07, 6.45) is -4.49. The summed E-state index contributed by atoms with van der Waals surface area (Å²) >= 11 is 0. The first-order valence-corrected chi connectivity index (χ1v) is 6.44. The third-order valence-corrected chi connectivity index (χ3v) is 3.52. The van der Waals surface area contributed by atoms with E-state index >= 15 is 0 Å². The first-order chi connectivity index (χ1) is 9.32. The smallest absolute Gasteiger partial charge is 0.366 e. The average molecular weight is 283 g/mol. The zero-order valence-electron chi connectivity index (χ0n) is 11.3. The van der Waals surface area contributed by atoms with Gasteiger partial charge in [0.15, 0.2) is 0 Å². The second kappa shape index (κ2) is 5.33. The molecule has 108 valence electrons. The second-order valence-corrected chi connectivity index (χ2v) is 5.15. The summed E-state index contributed by atoms with van der Waals surface area (Å²) in [4.78, 5) is 2.03. The zero-order chi connectivity index (χ0) is 14.9. The Morgan fingerprint density at radius 2 is 2.05 bits per heavy atom. The summed E-state index contributed by atoms with van der Waals surface area (Å²) in [5.74, 6) is 0. The lowest BCUT2D eigenvalue weighted by atomic mass is 10.0. The van der Waals surface area contributed by atoms with Crippen LogP contribution in [-0.2, 0) is 6.18 Å². The van der Waals surface area contributed by atoms with Crippen LogP contribution in [0.5, 0.6) is 0 Å². The van der Waals surface area contributed by atoms with Crippen molar-refractivity contribution in [1.29, 1.82) is 5.26 Å². The van der Waals surface area contributed by atoms with Crippen LogP contribution in [0.25, 0.3) is 0 Å². The van der Waals surface area contributed by atoms with Gasteiger partial charge in [-0.15, -0.1) is 0 Å². The Morgan fingerprint density at radius 3 is 2.65 bits per heavy atom. The van der Waals surface area contributed by atoms with Crippen LogP contribution in [-0.4, -0.2) is 25.2 Å². The van der Waals surface area contributed by atoms with Crippen LogP contribution in [0.3, 0.4) is 0 Å². The minimum atomic E-state index is -4.49. The summed E-state index contributed by atoms with van der Waals surface area (Å²) in [6.45, 7) is 5.50. The second-order valence-electron chi connectivity index (χ2n) is 5.15. The molecule has 0 bridgehead atoms. The fourth-order valence-electron chi connectivity index (χ4n) is 2.43. The number of halogens is 3. The molecule has 3 nitrogen and oxygen atoms in total. The van der Waals surface area contributed by atoms with Gasteiger partial charge < -0.3 is 10.2 Å². The molecule has 0 spiro atoms. The number of alkyl halides is 3. The minimum Gasteiger partial charge on any atom is -0.366 e. The Kier molecular flexibility index (Phi) is 3.91. The normalized spacial score (nSPS) is 23.5. The van der Waals surface area contributed by atoms with Crippen molar-refractivity contribution in [2.75, 3.05) is 18.0 Å². The Labute approximate surface area is 116 Å². The van der Waals surface area contributed by atoms with Crippen LogP contribution in [0.1, 0.15) is 25.0 Å². The summed E-state index contributed by atoms with van der Waals surface area (Å²) in [5, 5.41) is 12.3. The molecular weight excluding hydrogens is 267 g/mol. The van der Waals surface area contributed by atoms with E-state index in [2.05, 4.69) is 5.32 Å². The number of benzene rings is 1. The van der Waals surface area contributed by atoms with E-state index in [9.17, 15) is 13.2 Å². The molecule has 2 rings (SSSR count). The molecule has 2 unspecified atom stereocenters. The maximum absolute atomic E-state index is 12.8. The summed E-state index contributed by atoms with van der Waals surface area (Å²) in [5.41, 5.74) is -0.539. The van der Waals surface area contributed by atoms with Gasteiger partial charge in [-0.05, 0) is 32.0 Å². The number of nitriles is 1. The number of hydrogen-bond donors (Lipinski definition) is 1. The van der Waals surface area contributed by atoms with Crippen molar-refractivity contribution in [2.45, 2.75) is 32.1 Å². The number of piperazine rings is 1. The average Bonchev–Trinajstić information content (AvgIpc) is 2.39. The van der Waals surface area contributed by atoms with Crippen LogP contribution in [0.4, 0.5) is 18.9 Å². The first kappa shape index (κ1) is 14.7. The molecule has 0 saturated carbocycles. The molecule has 20 heavy (non-hydrogen) atoms. The topological polar surface area (TPSA) is 39.1 Å². The lowest BCUT2D eigenvalue weighted by molar-refractivity contribution is -0.137. The van der Waals surface area contributed by atoms with Crippen molar-refractivity contribution in [2.24, 2.45) is 0 Å². The van der Waals surface area contributed by atoms with Gasteiger partial charge in [0.05, 0.1) is 17.2 Å². The molecular formula is C14H16F3N3. The van der Waals surface area contributed by atoms with Gasteiger partial charge in [0, 0.05) is 30.9 Å². The van der Waals surface area contributed by atoms with Crippen LogP contribution in [0, 0.1) is 11.3 Å². The Morgan fingerprint density at radius 1 is 1.35 bits per heavy atom. The molecule has 1 N–H and O–H groups in total. The number of nitrogens with one attached hydrogen (secondary N) is 1. The van der Waals surface area contributed by atoms with Gasteiger partial charge in [0.25, 0.3) is 0 Å². The maximum atomic E-state index is 12.8. The van der Waals surface area contributed by atoms with E-state index in [1.165, 1.54) is 12.1 Å². The molecule has 6 heteroatoms. The largest absolute Gasteiger partial charge is 0.417 e. The molecule has 1 aliphatic heterocycles. The maximum Gasteiger partial charge on any atom is 0.417 e. The molecule has 1 heterocycles. The third kappa shape index (κ3) is 2.88. The first-order valence-electron chi connectivity index (χ1n) is 6.44. The SMILES string of the molecule is CC1CN(c2ccc(C(F)(F)F)c(C#N)c2)C(C)CN1. The van der Waals surface area contributed by atoms with Gasteiger partial charge in [-0.1, -0.05) is 0 Å². The van der Waals surface area contributed by atoms with Crippen molar-refractivity contribution in [3.05, 3.63) is 29.3 Å². The number of hydrogen-bond acceptors (Lipinski definition) is 3.